The van der Waals surface area contributed by atoms with E-state index in [1.165, 1.54) is 6.07 Å². The van der Waals surface area contributed by atoms with Crippen molar-refractivity contribution in [2.24, 2.45) is 0 Å². The SMILES string of the molecule is O=S(=O)([O-])c1cc(I)ccc1I.[Na+]. The van der Waals surface area contributed by atoms with Crippen molar-refractivity contribution in [3.05, 3.63) is 25.3 Å². The van der Waals surface area contributed by atoms with Crippen molar-refractivity contribution in [2.45, 2.75) is 4.90 Å². The van der Waals surface area contributed by atoms with Crippen molar-refractivity contribution in [2.75, 3.05) is 0 Å². The average Bonchev–Trinajstić information content (AvgIpc) is 1.92. The van der Waals surface area contributed by atoms with E-state index in [0.29, 0.717) is 3.57 Å². The monoisotopic (exact) mass is 432 g/mol. The second-order valence-corrected chi connectivity index (χ2v) is 5.78. The molecule has 0 fully saturated rings. The summed E-state index contributed by atoms with van der Waals surface area (Å²) in [5.41, 5.74) is 0. The van der Waals surface area contributed by atoms with Crippen LogP contribution in [-0.4, -0.2) is 13.0 Å². The molecule has 0 bridgehead atoms. The third-order valence-corrected chi connectivity index (χ3v) is 4.02. The van der Waals surface area contributed by atoms with Gasteiger partial charge in [0.05, 0.1) is 4.90 Å². The van der Waals surface area contributed by atoms with E-state index < -0.39 is 10.1 Å². The molecule has 66 valence electrons. The van der Waals surface area contributed by atoms with Crippen LogP contribution in [0.1, 0.15) is 0 Å². The van der Waals surface area contributed by atoms with Crippen LogP contribution in [0, 0.1) is 7.14 Å². The zero-order valence-electron chi connectivity index (χ0n) is 6.62. The van der Waals surface area contributed by atoms with Crippen molar-refractivity contribution in [1.29, 1.82) is 0 Å². The van der Waals surface area contributed by atoms with Crippen LogP contribution in [0.25, 0.3) is 0 Å². The van der Waals surface area contributed by atoms with Crippen molar-refractivity contribution < 1.29 is 42.5 Å². The Balaban J connectivity index is 0.00000144. The molecule has 3 nitrogen and oxygen atoms in total. The summed E-state index contributed by atoms with van der Waals surface area (Å²) in [5, 5.41) is 0. The topological polar surface area (TPSA) is 57.2 Å². The summed E-state index contributed by atoms with van der Waals surface area (Å²) in [5.74, 6) is 0. The Labute approximate surface area is 126 Å². The van der Waals surface area contributed by atoms with Crippen molar-refractivity contribution >= 4 is 55.3 Å². The van der Waals surface area contributed by atoms with Gasteiger partial charge in [0.15, 0.2) is 0 Å². The van der Waals surface area contributed by atoms with Gasteiger partial charge in [-0.3, -0.25) is 0 Å². The predicted octanol–water partition coefficient (Wildman–Crippen LogP) is -1.20. The molecule has 0 N–H and O–H groups in total. The second-order valence-electron chi connectivity index (χ2n) is 2.03. The maximum absolute atomic E-state index is 10.6. The van der Waals surface area contributed by atoms with Crippen LogP contribution in [0.2, 0.25) is 0 Å². The molecule has 7 heteroatoms. The minimum atomic E-state index is -4.32. The Bertz CT molecular complexity index is 404. The van der Waals surface area contributed by atoms with E-state index >= 15 is 0 Å². The normalized spacial score (nSPS) is 10.7. The van der Waals surface area contributed by atoms with Gasteiger partial charge < -0.3 is 4.55 Å². The van der Waals surface area contributed by atoms with E-state index in [1.807, 2.05) is 45.2 Å². The molecule has 1 aromatic rings. The Morgan fingerprint density at radius 1 is 1.23 bits per heavy atom. The molecular weight excluding hydrogens is 429 g/mol. The molecule has 0 spiro atoms. The number of rotatable bonds is 1. The van der Waals surface area contributed by atoms with Crippen molar-refractivity contribution in [3.8, 4) is 0 Å². The summed E-state index contributed by atoms with van der Waals surface area (Å²) >= 11 is 3.78. The molecule has 0 radical (unpaired) electrons. The van der Waals surface area contributed by atoms with Gasteiger partial charge in [0.1, 0.15) is 10.1 Å². The van der Waals surface area contributed by atoms with Gasteiger partial charge in [-0.05, 0) is 63.4 Å². The molecule has 0 amide bonds. The van der Waals surface area contributed by atoms with Crippen LogP contribution in [-0.2, 0) is 10.1 Å². The molecule has 1 rings (SSSR count). The third kappa shape index (κ3) is 4.31. The van der Waals surface area contributed by atoms with Gasteiger partial charge in [0.25, 0.3) is 0 Å². The average molecular weight is 432 g/mol. The zero-order valence-corrected chi connectivity index (χ0v) is 13.8. The summed E-state index contributed by atoms with van der Waals surface area (Å²) in [6.07, 6.45) is 0. The Kier molecular flexibility index (Phi) is 6.30. The molecule has 0 atom stereocenters. The Morgan fingerprint density at radius 2 is 1.77 bits per heavy atom. The summed E-state index contributed by atoms with van der Waals surface area (Å²) in [6.45, 7) is 0. The largest absolute Gasteiger partial charge is 1.00 e. The minimum Gasteiger partial charge on any atom is -0.744 e. The first-order valence-corrected chi connectivity index (χ1v) is 6.39. The summed E-state index contributed by atoms with van der Waals surface area (Å²) < 4.78 is 33.1. The van der Waals surface area contributed by atoms with Crippen LogP contribution in [0.3, 0.4) is 0 Å². The first-order chi connectivity index (χ1) is 5.41. The van der Waals surface area contributed by atoms with E-state index in [4.69, 9.17) is 0 Å². The van der Waals surface area contributed by atoms with E-state index in [9.17, 15) is 13.0 Å². The first kappa shape index (κ1) is 14.6. The Morgan fingerprint density at radius 3 is 2.15 bits per heavy atom. The molecule has 0 aliphatic rings. The van der Waals surface area contributed by atoms with Crippen molar-refractivity contribution in [1.82, 2.24) is 0 Å². The molecule has 0 aliphatic carbocycles. The minimum absolute atomic E-state index is 0. The van der Waals surface area contributed by atoms with Gasteiger partial charge in [0, 0.05) is 7.14 Å². The molecular formula is C6H3I2NaO3S. The molecule has 0 aromatic heterocycles. The zero-order chi connectivity index (χ0) is 9.35. The summed E-state index contributed by atoms with van der Waals surface area (Å²) in [7, 11) is -4.32. The Hall–Kier alpha value is 1.59. The van der Waals surface area contributed by atoms with Gasteiger partial charge in [0.2, 0.25) is 0 Å². The van der Waals surface area contributed by atoms with Crippen LogP contribution >= 0.6 is 45.2 Å². The van der Waals surface area contributed by atoms with Gasteiger partial charge in [-0.2, -0.15) is 0 Å². The number of hydrogen-bond acceptors (Lipinski definition) is 3. The van der Waals surface area contributed by atoms with E-state index in [1.54, 1.807) is 12.1 Å². The van der Waals surface area contributed by atoms with Gasteiger partial charge >= 0.3 is 29.6 Å². The number of hydrogen-bond donors (Lipinski definition) is 0. The maximum atomic E-state index is 10.6. The van der Waals surface area contributed by atoms with Gasteiger partial charge in [-0.1, -0.05) is 0 Å². The van der Waals surface area contributed by atoms with E-state index in [-0.39, 0.29) is 34.5 Å². The summed E-state index contributed by atoms with van der Waals surface area (Å²) in [4.78, 5) is -0.144. The molecule has 1 aromatic carbocycles. The molecule has 0 aliphatic heterocycles. The van der Waals surface area contributed by atoms with Crippen LogP contribution in [0.5, 0.6) is 0 Å². The first-order valence-electron chi connectivity index (χ1n) is 2.82. The molecule has 0 saturated carbocycles. The number of benzene rings is 1. The molecule has 0 heterocycles. The fourth-order valence-corrected chi connectivity index (χ4v) is 3.09. The van der Waals surface area contributed by atoms with Crippen LogP contribution < -0.4 is 29.6 Å². The fourth-order valence-electron chi connectivity index (χ4n) is 0.669. The predicted molar refractivity (Wildman–Crippen MR) is 59.8 cm³/mol. The third-order valence-electron chi connectivity index (χ3n) is 1.16. The van der Waals surface area contributed by atoms with E-state index in [2.05, 4.69) is 0 Å². The smallest absolute Gasteiger partial charge is 0.744 e. The van der Waals surface area contributed by atoms with E-state index in [0.717, 1.165) is 3.57 Å². The van der Waals surface area contributed by atoms with Crippen LogP contribution in [0.4, 0.5) is 0 Å². The second kappa shape index (κ2) is 5.61. The van der Waals surface area contributed by atoms with Gasteiger partial charge in [-0.25, -0.2) is 8.42 Å². The quantitative estimate of drug-likeness (QED) is 0.319. The molecule has 0 unspecified atom stereocenters. The van der Waals surface area contributed by atoms with Crippen LogP contribution in [0.15, 0.2) is 23.1 Å². The summed E-state index contributed by atoms with van der Waals surface area (Å²) in [6, 6.07) is 4.72. The van der Waals surface area contributed by atoms with Gasteiger partial charge in [-0.15, -0.1) is 0 Å². The van der Waals surface area contributed by atoms with Crippen molar-refractivity contribution in [3.63, 3.8) is 0 Å². The standard InChI is InChI=1S/C6H4I2O3S.Na/c7-4-1-2-5(8)6(3-4)12(9,10)11;/h1-3H,(H,9,10,11);/q;+1/p-1. The number of halogens is 2. The molecule has 13 heavy (non-hydrogen) atoms. The fraction of sp³-hybridized carbons (Fsp3) is 0. The molecule has 0 saturated heterocycles. The maximum Gasteiger partial charge on any atom is 1.00 e.